The highest BCUT2D eigenvalue weighted by atomic mass is 16.5. The second kappa shape index (κ2) is 9.10. The third-order valence-electron chi connectivity index (χ3n) is 4.98. The van der Waals surface area contributed by atoms with Gasteiger partial charge >= 0.3 is 0 Å². The smallest absolute Gasteiger partial charge is 0.231 e. The first-order valence-corrected chi connectivity index (χ1v) is 10.6. The fraction of sp³-hybridized carbons (Fsp3) is 0.185. The lowest BCUT2D eigenvalue weighted by atomic mass is 10.0. The Hall–Kier alpha value is -3.86. The van der Waals surface area contributed by atoms with Crippen molar-refractivity contribution in [1.29, 1.82) is 0 Å². The normalized spacial score (nSPS) is 11.7. The number of ketones is 1. The zero-order valence-electron chi connectivity index (χ0n) is 18.7. The van der Waals surface area contributed by atoms with Gasteiger partial charge in [-0.2, -0.15) is 0 Å². The number of carbonyl (C=O) groups excluding carboxylic acids is 1. The quantitative estimate of drug-likeness (QED) is 0.264. The van der Waals surface area contributed by atoms with Crippen LogP contribution in [-0.2, 0) is 0 Å². The molecule has 0 saturated heterocycles. The minimum absolute atomic E-state index is 0.0666. The maximum absolute atomic E-state index is 13.5. The third kappa shape index (κ3) is 4.72. The van der Waals surface area contributed by atoms with E-state index in [2.05, 4.69) is 4.98 Å². The molecule has 5 nitrogen and oxygen atoms in total. The number of rotatable bonds is 7. The molecule has 0 spiro atoms. The first kappa shape index (κ1) is 21.4. The molecule has 0 aliphatic rings. The molecule has 0 aliphatic heterocycles. The molecule has 0 amide bonds. The number of nitrogens with zero attached hydrogens (tertiary/aromatic N) is 2. The number of para-hydroxylation sites is 2. The molecule has 4 aromatic rings. The second-order valence-corrected chi connectivity index (χ2v) is 8.05. The van der Waals surface area contributed by atoms with Gasteiger partial charge in [0, 0.05) is 25.3 Å². The van der Waals surface area contributed by atoms with Crippen LogP contribution in [0.15, 0.2) is 77.2 Å². The summed E-state index contributed by atoms with van der Waals surface area (Å²) in [6, 6.07) is 22.6. The highest BCUT2D eigenvalue weighted by Crippen LogP contribution is 2.27. The van der Waals surface area contributed by atoms with Gasteiger partial charge in [0.1, 0.15) is 11.3 Å². The zero-order valence-corrected chi connectivity index (χ0v) is 18.7. The van der Waals surface area contributed by atoms with Crippen molar-refractivity contribution in [2.75, 3.05) is 19.0 Å². The number of aromatic nitrogens is 1. The van der Waals surface area contributed by atoms with Gasteiger partial charge in [-0.1, -0.05) is 24.3 Å². The average molecular weight is 427 g/mol. The number of ether oxygens (including phenoxy) is 1. The van der Waals surface area contributed by atoms with Gasteiger partial charge in [0.2, 0.25) is 5.89 Å². The predicted molar refractivity (Wildman–Crippen MR) is 129 cm³/mol. The van der Waals surface area contributed by atoms with Crippen LogP contribution in [0.5, 0.6) is 5.75 Å². The molecule has 32 heavy (non-hydrogen) atoms. The molecule has 0 unspecified atom stereocenters. The Kier molecular flexibility index (Phi) is 6.08. The highest BCUT2D eigenvalue weighted by molar-refractivity contribution is 6.31. The van der Waals surface area contributed by atoms with Crippen LogP contribution in [0.4, 0.5) is 5.69 Å². The number of benzene rings is 3. The lowest BCUT2D eigenvalue weighted by molar-refractivity contribution is 0.105. The van der Waals surface area contributed by atoms with Crippen LogP contribution in [0.1, 0.15) is 35.7 Å². The fourth-order valence-electron chi connectivity index (χ4n) is 3.36. The van der Waals surface area contributed by atoms with E-state index < -0.39 is 0 Å². The van der Waals surface area contributed by atoms with Crippen LogP contribution in [0.3, 0.4) is 0 Å². The topological polar surface area (TPSA) is 55.6 Å². The van der Waals surface area contributed by atoms with E-state index in [9.17, 15) is 4.79 Å². The summed E-state index contributed by atoms with van der Waals surface area (Å²) in [7, 11) is 3.98. The van der Waals surface area contributed by atoms with Gasteiger partial charge < -0.3 is 14.1 Å². The van der Waals surface area contributed by atoms with E-state index >= 15 is 0 Å². The summed E-state index contributed by atoms with van der Waals surface area (Å²) >= 11 is 0. The molecule has 0 aliphatic carbocycles. The minimum Gasteiger partial charge on any atom is -0.491 e. The highest BCUT2D eigenvalue weighted by Gasteiger charge is 2.20. The molecule has 162 valence electrons. The Bertz CT molecular complexity index is 1220. The van der Waals surface area contributed by atoms with E-state index in [-0.39, 0.29) is 11.9 Å². The lowest BCUT2D eigenvalue weighted by Crippen LogP contribution is -2.08. The molecule has 0 atom stereocenters. The van der Waals surface area contributed by atoms with Crippen LogP contribution in [0, 0.1) is 0 Å². The van der Waals surface area contributed by atoms with Gasteiger partial charge in [0.15, 0.2) is 11.4 Å². The molecule has 0 N–H and O–H groups in total. The van der Waals surface area contributed by atoms with Crippen molar-refractivity contribution >= 4 is 34.2 Å². The Labute approximate surface area is 188 Å². The number of Topliss-reactive ketones (excluding diaryl/α,β-unsaturated/α-hetero) is 1. The third-order valence-corrected chi connectivity index (χ3v) is 4.98. The number of hydrogen-bond acceptors (Lipinski definition) is 5. The number of hydrogen-bond donors (Lipinski definition) is 0. The SMILES string of the molecule is CC(C)Oc1ccc(C(=O)C(=Cc2ccc(N(C)C)cc2)c2nc3ccccc3o2)cc1. The van der Waals surface area contributed by atoms with Gasteiger partial charge in [0.05, 0.1) is 11.7 Å². The Morgan fingerprint density at radius 3 is 2.28 bits per heavy atom. The molecule has 1 aromatic heterocycles. The van der Waals surface area contributed by atoms with Crippen molar-refractivity contribution in [3.8, 4) is 5.75 Å². The molecule has 0 bridgehead atoms. The van der Waals surface area contributed by atoms with Crippen LogP contribution in [0.25, 0.3) is 22.7 Å². The van der Waals surface area contributed by atoms with E-state index in [0.29, 0.717) is 28.1 Å². The summed E-state index contributed by atoms with van der Waals surface area (Å²) < 4.78 is 11.6. The van der Waals surface area contributed by atoms with Crippen molar-refractivity contribution < 1.29 is 13.9 Å². The zero-order chi connectivity index (χ0) is 22.7. The van der Waals surface area contributed by atoms with Crippen molar-refractivity contribution in [1.82, 2.24) is 4.98 Å². The van der Waals surface area contributed by atoms with Crippen molar-refractivity contribution in [2.24, 2.45) is 0 Å². The summed E-state index contributed by atoms with van der Waals surface area (Å²) in [4.78, 5) is 20.1. The van der Waals surface area contributed by atoms with Crippen LogP contribution >= 0.6 is 0 Å². The van der Waals surface area contributed by atoms with Gasteiger partial charge in [0.25, 0.3) is 0 Å². The Morgan fingerprint density at radius 2 is 1.66 bits per heavy atom. The Balaban J connectivity index is 1.75. The lowest BCUT2D eigenvalue weighted by Gasteiger charge is -2.12. The van der Waals surface area contributed by atoms with E-state index in [4.69, 9.17) is 9.15 Å². The first-order valence-electron chi connectivity index (χ1n) is 10.6. The van der Waals surface area contributed by atoms with Gasteiger partial charge in [-0.3, -0.25) is 4.79 Å². The molecule has 0 fully saturated rings. The van der Waals surface area contributed by atoms with Crippen LogP contribution in [0.2, 0.25) is 0 Å². The van der Waals surface area contributed by atoms with Gasteiger partial charge in [-0.25, -0.2) is 4.98 Å². The summed E-state index contributed by atoms with van der Waals surface area (Å²) in [6.07, 6.45) is 1.89. The minimum atomic E-state index is -0.163. The maximum atomic E-state index is 13.5. The molecule has 0 saturated carbocycles. The van der Waals surface area contributed by atoms with Gasteiger partial charge in [-0.15, -0.1) is 0 Å². The van der Waals surface area contributed by atoms with E-state index in [0.717, 1.165) is 17.0 Å². The average Bonchev–Trinajstić information content (AvgIpc) is 3.21. The molecule has 4 rings (SSSR count). The predicted octanol–water partition coefficient (Wildman–Crippen LogP) is 6.10. The van der Waals surface area contributed by atoms with E-state index in [1.54, 1.807) is 12.1 Å². The second-order valence-electron chi connectivity index (χ2n) is 8.05. The van der Waals surface area contributed by atoms with Crippen LogP contribution < -0.4 is 9.64 Å². The van der Waals surface area contributed by atoms with Crippen LogP contribution in [-0.4, -0.2) is 31.0 Å². The molecular formula is C27H26N2O3. The summed E-state index contributed by atoms with van der Waals surface area (Å²) in [5.74, 6) is 0.864. The molecule has 0 radical (unpaired) electrons. The molecule has 5 heteroatoms. The largest absolute Gasteiger partial charge is 0.491 e. The van der Waals surface area contributed by atoms with E-state index in [1.165, 1.54) is 0 Å². The maximum Gasteiger partial charge on any atom is 0.231 e. The number of anilines is 1. The van der Waals surface area contributed by atoms with Gasteiger partial charge in [-0.05, 0) is 74.0 Å². The van der Waals surface area contributed by atoms with Crippen molar-refractivity contribution in [3.63, 3.8) is 0 Å². The summed E-state index contributed by atoms with van der Waals surface area (Å²) in [5, 5.41) is 0. The van der Waals surface area contributed by atoms with Crippen molar-refractivity contribution in [3.05, 3.63) is 89.8 Å². The number of oxazole rings is 1. The standard InChI is InChI=1S/C27H26N2O3/c1-18(2)31-22-15-11-20(12-16-22)26(30)23(17-19-9-13-21(14-10-19)29(3)4)27-28-24-7-5-6-8-25(24)32-27/h5-18H,1-4H3. The monoisotopic (exact) mass is 426 g/mol. The molecule has 1 heterocycles. The first-order chi connectivity index (χ1) is 15.4. The molecular weight excluding hydrogens is 400 g/mol. The number of carbonyl (C=O) groups is 1. The number of fused-ring (bicyclic) bond motifs is 1. The summed E-state index contributed by atoms with van der Waals surface area (Å²) in [6.45, 7) is 3.93. The van der Waals surface area contributed by atoms with E-state index in [1.807, 2.05) is 99.6 Å². The van der Waals surface area contributed by atoms with Crippen molar-refractivity contribution in [2.45, 2.75) is 20.0 Å². The Morgan fingerprint density at radius 1 is 0.969 bits per heavy atom. The molecule has 3 aromatic carbocycles. The number of allylic oxidation sites excluding steroid dienone is 1. The fourth-order valence-corrected chi connectivity index (χ4v) is 3.36. The summed E-state index contributed by atoms with van der Waals surface area (Å²) in [5.41, 5.74) is 4.27.